The molecule has 1 saturated heterocycles. The molecule has 6 N–H and O–H groups in total. The van der Waals surface area contributed by atoms with Gasteiger partial charge >= 0.3 is 0 Å². The van der Waals surface area contributed by atoms with Crippen LogP contribution in [0.1, 0.15) is 24.4 Å². The van der Waals surface area contributed by atoms with Crippen molar-refractivity contribution in [1.29, 1.82) is 0 Å². The van der Waals surface area contributed by atoms with Crippen molar-refractivity contribution in [2.45, 2.75) is 24.4 Å². The molecule has 1 unspecified atom stereocenters. The molecule has 0 bridgehead atoms. The molecule has 1 aliphatic heterocycles. The summed E-state index contributed by atoms with van der Waals surface area (Å²) in [7, 11) is 1.59. The lowest BCUT2D eigenvalue weighted by Gasteiger charge is -2.39. The lowest BCUT2D eigenvalue weighted by Crippen LogP contribution is -2.60. The van der Waals surface area contributed by atoms with Crippen LogP contribution in [0.25, 0.3) is 11.1 Å². The standard InChI is InChI=1S/C22H27ClN8O2/c1-33-12-17(14-2-4-16(23)5-3-14)30-21(32)22(25)6-8-31(9-7-22)20-18(15-10-28-29-11-15)19(24)26-13-27-20/h2-5,10-11,13,17H,6-9,12,25H2,1H3,(H,28,29)(H,30,32)(H2,24,26,27). The van der Waals surface area contributed by atoms with Crippen molar-refractivity contribution in [3.05, 3.63) is 53.6 Å². The number of ether oxygens (including phenoxy) is 1. The molecule has 1 amide bonds. The lowest BCUT2D eigenvalue weighted by atomic mass is 9.87. The predicted octanol–water partition coefficient (Wildman–Crippen LogP) is 1.90. The van der Waals surface area contributed by atoms with Gasteiger partial charge in [0.15, 0.2) is 0 Å². The van der Waals surface area contributed by atoms with Gasteiger partial charge in [0.2, 0.25) is 5.91 Å². The van der Waals surface area contributed by atoms with Crippen LogP contribution in [0.4, 0.5) is 11.6 Å². The number of carbonyl (C=O) groups is 1. The van der Waals surface area contributed by atoms with Crippen LogP contribution in [0.3, 0.4) is 0 Å². The third kappa shape index (κ3) is 4.92. The van der Waals surface area contributed by atoms with Crippen LogP contribution in [-0.4, -0.2) is 58.4 Å². The van der Waals surface area contributed by atoms with Gasteiger partial charge in [0.05, 0.1) is 29.9 Å². The van der Waals surface area contributed by atoms with Crippen LogP contribution in [0.2, 0.25) is 5.02 Å². The molecule has 10 nitrogen and oxygen atoms in total. The maximum absolute atomic E-state index is 13.2. The highest BCUT2D eigenvalue weighted by molar-refractivity contribution is 6.30. The Morgan fingerprint density at radius 3 is 2.67 bits per heavy atom. The Hall–Kier alpha value is -3.21. The summed E-state index contributed by atoms with van der Waals surface area (Å²) in [5, 5.41) is 10.5. The number of aromatic nitrogens is 4. The topological polar surface area (TPSA) is 148 Å². The van der Waals surface area contributed by atoms with Gasteiger partial charge in [-0.3, -0.25) is 9.89 Å². The van der Waals surface area contributed by atoms with Gasteiger partial charge in [0.1, 0.15) is 18.0 Å². The molecule has 0 saturated carbocycles. The molecule has 1 aliphatic rings. The summed E-state index contributed by atoms with van der Waals surface area (Å²) in [5.74, 6) is 0.857. The molecular weight excluding hydrogens is 444 g/mol. The molecule has 0 radical (unpaired) electrons. The van der Waals surface area contributed by atoms with E-state index < -0.39 is 5.54 Å². The minimum absolute atomic E-state index is 0.212. The largest absolute Gasteiger partial charge is 0.383 e. The summed E-state index contributed by atoms with van der Waals surface area (Å²) in [6, 6.07) is 6.98. The first-order valence-corrected chi connectivity index (χ1v) is 11.0. The second-order valence-electron chi connectivity index (χ2n) is 8.12. The van der Waals surface area contributed by atoms with Crippen molar-refractivity contribution in [2.24, 2.45) is 5.73 Å². The number of methoxy groups -OCH3 is 1. The first kappa shape index (κ1) is 23.0. The van der Waals surface area contributed by atoms with Crippen molar-refractivity contribution in [3.63, 3.8) is 0 Å². The number of nitrogen functional groups attached to an aromatic ring is 1. The predicted molar refractivity (Wildman–Crippen MR) is 127 cm³/mol. The quantitative estimate of drug-likeness (QED) is 0.409. The maximum Gasteiger partial charge on any atom is 0.240 e. The molecule has 33 heavy (non-hydrogen) atoms. The Balaban J connectivity index is 1.47. The summed E-state index contributed by atoms with van der Waals surface area (Å²) in [5.41, 5.74) is 14.1. The molecule has 11 heteroatoms. The molecule has 1 aromatic carbocycles. The van der Waals surface area contributed by atoms with Gasteiger partial charge in [0.25, 0.3) is 0 Å². The number of halogens is 1. The average Bonchev–Trinajstić information content (AvgIpc) is 3.34. The number of rotatable bonds is 7. The highest BCUT2D eigenvalue weighted by Crippen LogP contribution is 2.34. The Morgan fingerprint density at radius 1 is 1.30 bits per heavy atom. The third-order valence-corrected chi connectivity index (χ3v) is 6.21. The zero-order chi connectivity index (χ0) is 23.4. The number of benzene rings is 1. The van der Waals surface area contributed by atoms with Gasteiger partial charge in [-0.15, -0.1) is 0 Å². The Morgan fingerprint density at radius 2 is 2.03 bits per heavy atom. The van der Waals surface area contributed by atoms with Crippen molar-refractivity contribution in [3.8, 4) is 11.1 Å². The zero-order valence-electron chi connectivity index (χ0n) is 18.3. The van der Waals surface area contributed by atoms with Crippen molar-refractivity contribution in [2.75, 3.05) is 37.4 Å². The maximum atomic E-state index is 13.2. The summed E-state index contributed by atoms with van der Waals surface area (Å²) < 4.78 is 5.31. The van der Waals surface area contributed by atoms with E-state index in [1.807, 2.05) is 12.1 Å². The van der Waals surface area contributed by atoms with Crippen LogP contribution >= 0.6 is 11.6 Å². The number of piperidine rings is 1. The first-order chi connectivity index (χ1) is 15.9. The normalized spacial score (nSPS) is 16.4. The monoisotopic (exact) mass is 470 g/mol. The number of nitrogens with zero attached hydrogens (tertiary/aromatic N) is 4. The van der Waals surface area contributed by atoms with E-state index in [0.717, 1.165) is 11.1 Å². The summed E-state index contributed by atoms with van der Waals surface area (Å²) in [4.78, 5) is 23.9. The fourth-order valence-corrected chi connectivity index (χ4v) is 4.15. The molecule has 4 rings (SSSR count). The van der Waals surface area contributed by atoms with E-state index in [2.05, 4.69) is 30.4 Å². The average molecular weight is 471 g/mol. The van der Waals surface area contributed by atoms with E-state index in [-0.39, 0.29) is 11.9 Å². The molecule has 0 aliphatic carbocycles. The van der Waals surface area contributed by atoms with E-state index >= 15 is 0 Å². The molecular formula is C22H27ClN8O2. The van der Waals surface area contributed by atoms with E-state index in [0.29, 0.717) is 54.8 Å². The van der Waals surface area contributed by atoms with Gasteiger partial charge < -0.3 is 26.4 Å². The number of amides is 1. The number of H-pyrrole nitrogens is 1. The smallest absolute Gasteiger partial charge is 0.240 e. The molecule has 1 atom stereocenters. The fourth-order valence-electron chi connectivity index (χ4n) is 4.02. The Kier molecular flexibility index (Phi) is 6.77. The first-order valence-electron chi connectivity index (χ1n) is 10.6. The van der Waals surface area contributed by atoms with Gasteiger partial charge in [-0.05, 0) is 30.5 Å². The van der Waals surface area contributed by atoms with Crippen LogP contribution in [-0.2, 0) is 9.53 Å². The van der Waals surface area contributed by atoms with Crippen molar-refractivity contribution in [1.82, 2.24) is 25.5 Å². The SMILES string of the molecule is COCC(NC(=O)C1(N)CCN(c2ncnc(N)c2-c2cn[nH]c2)CC1)c1ccc(Cl)cc1. The number of aromatic amines is 1. The fraction of sp³-hybridized carbons (Fsp3) is 0.364. The molecule has 174 valence electrons. The minimum atomic E-state index is -1.01. The minimum Gasteiger partial charge on any atom is -0.383 e. The van der Waals surface area contributed by atoms with Crippen molar-refractivity contribution < 1.29 is 9.53 Å². The van der Waals surface area contributed by atoms with Crippen molar-refractivity contribution >= 4 is 29.1 Å². The third-order valence-electron chi connectivity index (χ3n) is 5.96. The van der Waals surface area contributed by atoms with E-state index in [1.165, 1.54) is 6.33 Å². The Bertz CT molecular complexity index is 1080. The number of carbonyl (C=O) groups excluding carboxylic acids is 1. The second kappa shape index (κ2) is 9.74. The molecule has 3 aromatic rings. The molecule has 0 spiro atoms. The number of anilines is 2. The molecule has 3 heterocycles. The zero-order valence-corrected chi connectivity index (χ0v) is 19.0. The molecule has 1 fully saturated rings. The Labute approximate surface area is 196 Å². The second-order valence-corrected chi connectivity index (χ2v) is 8.56. The van der Waals surface area contributed by atoms with Gasteiger partial charge in [-0.1, -0.05) is 23.7 Å². The van der Waals surface area contributed by atoms with Gasteiger partial charge in [0, 0.05) is 37.0 Å². The lowest BCUT2D eigenvalue weighted by molar-refractivity contribution is -0.128. The van der Waals surface area contributed by atoms with Crippen LogP contribution in [0, 0.1) is 0 Å². The molecule has 2 aromatic heterocycles. The van der Waals surface area contributed by atoms with Gasteiger partial charge in [-0.25, -0.2) is 9.97 Å². The summed E-state index contributed by atoms with van der Waals surface area (Å²) in [6.07, 6.45) is 5.76. The van der Waals surface area contributed by atoms with E-state index in [1.54, 1.807) is 31.6 Å². The number of hydrogen-bond donors (Lipinski definition) is 4. The van der Waals surface area contributed by atoms with Crippen LogP contribution in [0.5, 0.6) is 0 Å². The summed E-state index contributed by atoms with van der Waals surface area (Å²) >= 11 is 6.00. The highest BCUT2D eigenvalue weighted by atomic mass is 35.5. The highest BCUT2D eigenvalue weighted by Gasteiger charge is 2.39. The summed E-state index contributed by atoms with van der Waals surface area (Å²) in [6.45, 7) is 1.41. The van der Waals surface area contributed by atoms with Crippen LogP contribution in [0.15, 0.2) is 43.0 Å². The number of nitrogens with one attached hydrogen (secondary N) is 2. The van der Waals surface area contributed by atoms with E-state index in [9.17, 15) is 4.79 Å². The van der Waals surface area contributed by atoms with E-state index in [4.69, 9.17) is 27.8 Å². The number of hydrogen-bond acceptors (Lipinski definition) is 8. The number of nitrogens with two attached hydrogens (primary N) is 2. The van der Waals surface area contributed by atoms with Gasteiger partial charge in [-0.2, -0.15) is 5.10 Å². The van der Waals surface area contributed by atoms with Crippen LogP contribution < -0.4 is 21.7 Å².